The van der Waals surface area contributed by atoms with Crippen molar-refractivity contribution in [3.8, 4) is 11.5 Å². The van der Waals surface area contributed by atoms with E-state index in [1.165, 1.54) is 0 Å². The molecule has 4 N–H and O–H groups in total. The lowest BCUT2D eigenvalue weighted by molar-refractivity contribution is 0.0747. The predicted molar refractivity (Wildman–Crippen MR) is 164 cm³/mol. The van der Waals surface area contributed by atoms with Gasteiger partial charge in [0.05, 0.1) is 23.9 Å². The largest absolute Gasteiger partial charge is 0.394 e. The molecule has 3 saturated heterocycles. The first-order chi connectivity index (χ1) is 20.8. The summed E-state index contributed by atoms with van der Waals surface area (Å²) in [4.78, 5) is 24.7. The summed E-state index contributed by atoms with van der Waals surface area (Å²) in [6, 6.07) is 17.1. The van der Waals surface area contributed by atoms with Crippen LogP contribution >= 0.6 is 0 Å². The second-order valence-electron chi connectivity index (χ2n) is 12.7. The zero-order valence-corrected chi connectivity index (χ0v) is 24.6. The first-order valence-corrected chi connectivity index (χ1v) is 15.0. The molecule has 2 bridgehead atoms. The molecule has 2 aromatic carbocycles. The van der Waals surface area contributed by atoms with E-state index in [0.29, 0.717) is 28.5 Å². The Morgan fingerprint density at radius 1 is 1.05 bits per heavy atom. The molecular weight excluding hydrogens is 542 g/mol. The number of hydrogen-bond acceptors (Lipinski definition) is 9. The van der Waals surface area contributed by atoms with Crippen LogP contribution in [-0.2, 0) is 11.8 Å². The Bertz CT molecular complexity index is 1630. The highest BCUT2D eigenvalue weighted by molar-refractivity contribution is 5.98. The molecule has 0 aliphatic carbocycles. The maximum absolute atomic E-state index is 12.6. The average molecular weight is 580 g/mol. The standard InChI is InChI=1S/C33H37N7O3/c1-32(2)18-22-16-23(8-9-24(22)29(42)38-32)35-28-17-26(36-27(20-41)21-6-4-3-5-7-21)25(19-34-28)30-37-31(39-43-30)33-10-13-40(14-11-33)15-12-33/h3-9,16-17,19,27,41H,10-15,18,20H2,1-2H3,(H,38,42)(H2,34,35,36)/t27-/m1/s1. The van der Waals surface area contributed by atoms with E-state index in [0.717, 1.165) is 68.0 Å². The van der Waals surface area contributed by atoms with Gasteiger partial charge in [0.2, 0.25) is 0 Å². The van der Waals surface area contributed by atoms with Crippen molar-refractivity contribution in [1.82, 2.24) is 25.3 Å². The van der Waals surface area contributed by atoms with E-state index in [1.807, 2.05) is 68.4 Å². The molecule has 0 radical (unpaired) electrons. The lowest BCUT2D eigenvalue weighted by Crippen LogP contribution is -2.51. The second-order valence-corrected chi connectivity index (χ2v) is 12.7. The highest BCUT2D eigenvalue weighted by atomic mass is 16.5. The quantitative estimate of drug-likeness (QED) is 0.232. The van der Waals surface area contributed by atoms with Gasteiger partial charge in [-0.15, -0.1) is 0 Å². The van der Waals surface area contributed by atoms with Crippen LogP contribution in [0.4, 0.5) is 17.2 Å². The van der Waals surface area contributed by atoms with E-state index < -0.39 is 0 Å². The fourth-order valence-corrected chi connectivity index (χ4v) is 6.71. The number of amides is 1. The monoisotopic (exact) mass is 579 g/mol. The topological polar surface area (TPSA) is 128 Å². The van der Waals surface area contributed by atoms with Crippen LogP contribution in [0.15, 0.2) is 65.3 Å². The van der Waals surface area contributed by atoms with Gasteiger partial charge in [0, 0.05) is 34.5 Å². The summed E-state index contributed by atoms with van der Waals surface area (Å²) in [5.41, 5.74) is 4.51. The van der Waals surface area contributed by atoms with Crippen LogP contribution in [0.1, 0.15) is 66.5 Å². The third-order valence-electron chi connectivity index (χ3n) is 9.18. The molecule has 10 nitrogen and oxygen atoms in total. The van der Waals surface area contributed by atoms with Crippen molar-refractivity contribution in [3.05, 3.63) is 83.3 Å². The summed E-state index contributed by atoms with van der Waals surface area (Å²) >= 11 is 0. The average Bonchev–Trinajstić information content (AvgIpc) is 3.52. The molecule has 222 valence electrons. The number of fused-ring (bicyclic) bond motifs is 4. The van der Waals surface area contributed by atoms with Gasteiger partial charge >= 0.3 is 0 Å². The fourth-order valence-electron chi connectivity index (χ4n) is 6.71. The van der Waals surface area contributed by atoms with Crippen LogP contribution < -0.4 is 16.0 Å². The Balaban J connectivity index is 1.22. The van der Waals surface area contributed by atoms with Gasteiger partial charge in [0.1, 0.15) is 5.82 Å². The molecule has 0 unspecified atom stereocenters. The molecule has 4 aromatic rings. The molecule has 2 aromatic heterocycles. The summed E-state index contributed by atoms with van der Waals surface area (Å²) in [5, 5.41) is 24.8. The SMILES string of the molecule is CC1(C)Cc2cc(Nc3cc(N[C@H](CO)c4ccccc4)c(-c4nc(C56CCN(CC5)CC6)no4)cn3)ccc2C(=O)N1. The Morgan fingerprint density at radius 3 is 2.56 bits per heavy atom. The molecule has 4 aliphatic heterocycles. The van der Waals surface area contributed by atoms with Gasteiger partial charge in [0.15, 0.2) is 5.82 Å². The molecule has 0 saturated carbocycles. The van der Waals surface area contributed by atoms with Crippen LogP contribution in [0.2, 0.25) is 0 Å². The molecule has 0 spiro atoms. The van der Waals surface area contributed by atoms with Crippen LogP contribution in [0.5, 0.6) is 0 Å². The van der Waals surface area contributed by atoms with E-state index in [4.69, 9.17) is 14.5 Å². The summed E-state index contributed by atoms with van der Waals surface area (Å²) in [6.45, 7) is 7.15. The first kappa shape index (κ1) is 27.5. The maximum atomic E-state index is 12.6. The molecule has 6 heterocycles. The van der Waals surface area contributed by atoms with Gasteiger partial charge in [0.25, 0.3) is 11.8 Å². The van der Waals surface area contributed by atoms with E-state index in [-0.39, 0.29) is 29.5 Å². The number of nitrogens with zero attached hydrogens (tertiary/aromatic N) is 4. The van der Waals surface area contributed by atoms with Crippen molar-refractivity contribution < 1.29 is 14.4 Å². The minimum absolute atomic E-state index is 0.0331. The zero-order valence-electron chi connectivity index (χ0n) is 24.6. The minimum atomic E-state index is -0.358. The van der Waals surface area contributed by atoms with Crippen LogP contribution in [0.25, 0.3) is 11.5 Å². The number of nitrogens with one attached hydrogen (secondary N) is 3. The molecule has 1 atom stereocenters. The molecular formula is C33H37N7O3. The predicted octanol–water partition coefficient (Wildman–Crippen LogP) is 4.82. The summed E-state index contributed by atoms with van der Waals surface area (Å²) < 4.78 is 5.88. The van der Waals surface area contributed by atoms with Crippen molar-refractivity contribution >= 4 is 23.1 Å². The van der Waals surface area contributed by atoms with Crippen molar-refractivity contribution in [3.63, 3.8) is 0 Å². The van der Waals surface area contributed by atoms with E-state index in [9.17, 15) is 9.90 Å². The number of carbonyl (C=O) groups is 1. The number of aromatic nitrogens is 3. The van der Waals surface area contributed by atoms with Gasteiger partial charge in [-0.25, -0.2) is 4.98 Å². The number of pyridine rings is 1. The van der Waals surface area contributed by atoms with Gasteiger partial charge in [-0.3, -0.25) is 4.79 Å². The molecule has 43 heavy (non-hydrogen) atoms. The molecule has 1 amide bonds. The van der Waals surface area contributed by atoms with Crippen LogP contribution in [0, 0.1) is 0 Å². The maximum Gasteiger partial charge on any atom is 0.261 e. The summed E-state index contributed by atoms with van der Waals surface area (Å²) in [7, 11) is 0. The number of aliphatic hydroxyl groups is 1. The van der Waals surface area contributed by atoms with Gasteiger partial charge in [-0.1, -0.05) is 35.5 Å². The number of hydrogen-bond donors (Lipinski definition) is 4. The number of benzene rings is 2. The van der Waals surface area contributed by atoms with Gasteiger partial charge in [-0.2, -0.15) is 4.98 Å². The molecule has 3 fully saturated rings. The second kappa shape index (κ2) is 10.8. The van der Waals surface area contributed by atoms with Crippen molar-refractivity contribution in [2.45, 2.75) is 56.5 Å². The van der Waals surface area contributed by atoms with Gasteiger partial charge < -0.3 is 30.5 Å². The highest BCUT2D eigenvalue weighted by Gasteiger charge is 2.44. The van der Waals surface area contributed by atoms with Crippen molar-refractivity contribution in [1.29, 1.82) is 0 Å². The van der Waals surface area contributed by atoms with Crippen molar-refractivity contribution in [2.75, 3.05) is 36.9 Å². The third kappa shape index (κ3) is 5.36. The van der Waals surface area contributed by atoms with E-state index >= 15 is 0 Å². The number of aliphatic hydroxyl groups excluding tert-OH is 1. The lowest BCUT2D eigenvalue weighted by Gasteiger charge is -2.46. The first-order valence-electron chi connectivity index (χ1n) is 15.0. The smallest absolute Gasteiger partial charge is 0.261 e. The normalized spacial score (nSPS) is 22.9. The highest BCUT2D eigenvalue weighted by Crippen LogP contribution is 2.42. The van der Waals surface area contributed by atoms with E-state index in [2.05, 4.69) is 26.0 Å². The number of piperidine rings is 3. The molecule has 10 heteroatoms. The Hall–Kier alpha value is -4.28. The Morgan fingerprint density at radius 2 is 1.81 bits per heavy atom. The van der Waals surface area contributed by atoms with Crippen LogP contribution in [-0.4, -0.2) is 62.8 Å². The summed E-state index contributed by atoms with van der Waals surface area (Å²) in [5.74, 6) is 1.73. The number of carbonyl (C=O) groups excluding carboxylic acids is 1. The number of anilines is 3. The molecule has 4 aliphatic rings. The van der Waals surface area contributed by atoms with Crippen molar-refractivity contribution in [2.24, 2.45) is 0 Å². The van der Waals surface area contributed by atoms with Crippen LogP contribution in [0.3, 0.4) is 0 Å². The third-order valence-corrected chi connectivity index (χ3v) is 9.18. The molecule has 8 rings (SSSR count). The zero-order chi connectivity index (χ0) is 29.6. The number of rotatable bonds is 8. The Kier molecular flexibility index (Phi) is 6.90. The summed E-state index contributed by atoms with van der Waals surface area (Å²) in [6.07, 6.45) is 5.59. The minimum Gasteiger partial charge on any atom is -0.394 e. The lowest BCUT2D eigenvalue weighted by atomic mass is 9.71. The van der Waals surface area contributed by atoms with Gasteiger partial charge in [-0.05, 0) is 88.5 Å². The Labute approximate surface area is 250 Å². The fraction of sp³-hybridized carbons (Fsp3) is 0.394. The van der Waals surface area contributed by atoms with E-state index in [1.54, 1.807) is 6.20 Å².